The van der Waals surface area contributed by atoms with Crippen LogP contribution in [0.3, 0.4) is 0 Å². The molecule has 2 unspecified atom stereocenters. The quantitative estimate of drug-likeness (QED) is 0.877. The number of anilines is 1. The molecule has 0 saturated carbocycles. The van der Waals surface area contributed by atoms with Crippen LogP contribution in [-0.4, -0.2) is 50.7 Å². The lowest BCUT2D eigenvalue weighted by Gasteiger charge is -2.42. The zero-order chi connectivity index (χ0) is 13.1. The molecule has 0 spiro atoms. The molecule has 0 bridgehead atoms. The van der Waals surface area contributed by atoms with Crippen LogP contribution in [-0.2, 0) is 0 Å². The number of likely N-dealkylation sites (N-methyl/N-ethyl adjacent to an activating group) is 1. The molecule has 100 valence electrons. The van der Waals surface area contributed by atoms with E-state index in [9.17, 15) is 0 Å². The van der Waals surface area contributed by atoms with Crippen LogP contribution in [0.4, 0.5) is 5.69 Å². The van der Waals surface area contributed by atoms with Crippen LogP contribution in [0.5, 0.6) is 0 Å². The van der Waals surface area contributed by atoms with Crippen LogP contribution < -0.4 is 10.2 Å². The first kappa shape index (κ1) is 13.4. The fourth-order valence-electron chi connectivity index (χ4n) is 2.72. The molecule has 0 radical (unpaired) electrons. The monoisotopic (exact) mass is 247 g/mol. The van der Waals surface area contributed by atoms with Crippen molar-refractivity contribution in [3.05, 3.63) is 29.8 Å². The first-order valence-corrected chi connectivity index (χ1v) is 6.78. The van der Waals surface area contributed by atoms with E-state index in [-0.39, 0.29) is 0 Å². The largest absolute Gasteiger partial charge is 0.364 e. The summed E-state index contributed by atoms with van der Waals surface area (Å²) in [5.41, 5.74) is 2.76. The van der Waals surface area contributed by atoms with Gasteiger partial charge in [0.1, 0.15) is 0 Å². The van der Waals surface area contributed by atoms with E-state index in [4.69, 9.17) is 0 Å². The van der Waals surface area contributed by atoms with Crippen LogP contribution in [0.15, 0.2) is 24.3 Å². The molecule has 18 heavy (non-hydrogen) atoms. The highest BCUT2D eigenvalue weighted by Crippen LogP contribution is 2.23. The van der Waals surface area contributed by atoms with Gasteiger partial charge in [0.05, 0.1) is 6.04 Å². The second kappa shape index (κ2) is 5.72. The third-order valence-corrected chi connectivity index (χ3v) is 3.61. The third kappa shape index (κ3) is 3.03. The highest BCUT2D eigenvalue weighted by Gasteiger charge is 2.26. The van der Waals surface area contributed by atoms with Crippen molar-refractivity contribution in [2.45, 2.75) is 25.9 Å². The first-order chi connectivity index (χ1) is 8.58. The van der Waals surface area contributed by atoms with Crippen molar-refractivity contribution in [1.29, 1.82) is 0 Å². The molecule has 1 heterocycles. The molecule has 0 aromatic heterocycles. The second-order valence-electron chi connectivity index (χ2n) is 5.66. The van der Waals surface area contributed by atoms with Gasteiger partial charge in [-0.25, -0.2) is 0 Å². The van der Waals surface area contributed by atoms with E-state index in [0.717, 1.165) is 19.6 Å². The van der Waals surface area contributed by atoms with Gasteiger partial charge in [-0.1, -0.05) is 18.2 Å². The molecule has 1 saturated heterocycles. The Kier molecular flexibility index (Phi) is 4.25. The Morgan fingerprint density at radius 1 is 1.33 bits per heavy atom. The van der Waals surface area contributed by atoms with Gasteiger partial charge in [-0.05, 0) is 39.6 Å². The summed E-state index contributed by atoms with van der Waals surface area (Å²) in [6, 6.07) is 9.82. The van der Waals surface area contributed by atoms with Gasteiger partial charge in [0.2, 0.25) is 0 Å². The molecule has 1 aromatic rings. The van der Waals surface area contributed by atoms with Crippen LogP contribution in [0, 0.1) is 6.92 Å². The summed E-state index contributed by atoms with van der Waals surface area (Å²) in [7, 11) is 4.29. The van der Waals surface area contributed by atoms with Crippen LogP contribution in [0.1, 0.15) is 12.5 Å². The Morgan fingerprint density at radius 3 is 2.72 bits per heavy atom. The van der Waals surface area contributed by atoms with E-state index < -0.39 is 0 Å². The van der Waals surface area contributed by atoms with E-state index in [1.807, 2.05) is 0 Å². The fraction of sp³-hybridized carbons (Fsp3) is 0.600. The smallest absolute Gasteiger partial charge is 0.0542 e. The molecule has 2 rings (SSSR count). The average molecular weight is 247 g/mol. The molecule has 0 amide bonds. The van der Waals surface area contributed by atoms with Gasteiger partial charge in [-0.15, -0.1) is 0 Å². The number of hydrogen-bond donors (Lipinski definition) is 1. The maximum absolute atomic E-state index is 3.59. The number of nitrogens with one attached hydrogen (secondary N) is 1. The number of para-hydroxylation sites is 1. The predicted molar refractivity (Wildman–Crippen MR) is 78.3 cm³/mol. The van der Waals surface area contributed by atoms with Crippen LogP contribution in [0.2, 0.25) is 0 Å². The molecule has 1 aromatic carbocycles. The molecule has 1 fully saturated rings. The molecule has 1 aliphatic rings. The normalized spacial score (nSPS) is 24.6. The number of benzene rings is 1. The van der Waals surface area contributed by atoms with Crippen LogP contribution in [0.25, 0.3) is 0 Å². The maximum atomic E-state index is 3.59. The SMILES string of the molecule is Cc1ccccc1N1CC(C)NCC1CN(C)C. The molecule has 0 aliphatic carbocycles. The first-order valence-electron chi connectivity index (χ1n) is 6.78. The van der Waals surface area contributed by atoms with Gasteiger partial charge in [-0.3, -0.25) is 0 Å². The van der Waals surface area contributed by atoms with Gasteiger partial charge in [-0.2, -0.15) is 0 Å². The highest BCUT2D eigenvalue weighted by molar-refractivity contribution is 5.54. The summed E-state index contributed by atoms with van der Waals surface area (Å²) in [4.78, 5) is 4.84. The zero-order valence-electron chi connectivity index (χ0n) is 12.0. The number of rotatable bonds is 3. The Hall–Kier alpha value is -1.06. The average Bonchev–Trinajstić information content (AvgIpc) is 2.32. The zero-order valence-corrected chi connectivity index (χ0v) is 12.0. The summed E-state index contributed by atoms with van der Waals surface area (Å²) < 4.78 is 0. The Labute approximate surface area is 111 Å². The Bertz CT molecular complexity index is 389. The van der Waals surface area contributed by atoms with Crippen molar-refractivity contribution >= 4 is 5.69 Å². The van der Waals surface area contributed by atoms with Crippen LogP contribution >= 0.6 is 0 Å². The Balaban J connectivity index is 2.22. The summed E-state index contributed by atoms with van der Waals surface area (Å²) in [5.74, 6) is 0. The van der Waals surface area contributed by atoms with E-state index in [1.165, 1.54) is 11.3 Å². The predicted octanol–water partition coefficient (Wildman–Crippen LogP) is 1.72. The van der Waals surface area contributed by atoms with Crippen molar-refractivity contribution < 1.29 is 0 Å². The molecular weight excluding hydrogens is 222 g/mol. The number of aryl methyl sites for hydroxylation is 1. The topological polar surface area (TPSA) is 18.5 Å². The molecule has 3 heteroatoms. The maximum Gasteiger partial charge on any atom is 0.0542 e. The Morgan fingerprint density at radius 2 is 2.06 bits per heavy atom. The lowest BCUT2D eigenvalue weighted by atomic mass is 10.1. The number of piperazine rings is 1. The lowest BCUT2D eigenvalue weighted by Crippen LogP contribution is -2.58. The molecule has 1 N–H and O–H groups in total. The van der Waals surface area contributed by atoms with Gasteiger partial charge < -0.3 is 15.1 Å². The standard InChI is InChI=1S/C15H25N3/c1-12-7-5-6-8-15(12)18-10-13(2)16-9-14(18)11-17(3)4/h5-8,13-14,16H,9-11H2,1-4H3. The molecular formula is C15H25N3. The number of hydrogen-bond acceptors (Lipinski definition) is 3. The molecule has 1 aliphatic heterocycles. The summed E-state index contributed by atoms with van der Waals surface area (Å²) in [6.45, 7) is 7.71. The third-order valence-electron chi connectivity index (χ3n) is 3.61. The highest BCUT2D eigenvalue weighted by atomic mass is 15.3. The van der Waals surface area contributed by atoms with E-state index >= 15 is 0 Å². The minimum Gasteiger partial charge on any atom is -0.364 e. The van der Waals surface area contributed by atoms with Crippen molar-refractivity contribution in [3.8, 4) is 0 Å². The van der Waals surface area contributed by atoms with E-state index in [1.54, 1.807) is 0 Å². The lowest BCUT2D eigenvalue weighted by molar-refractivity contribution is 0.316. The number of nitrogens with zero attached hydrogens (tertiary/aromatic N) is 2. The van der Waals surface area contributed by atoms with Crippen molar-refractivity contribution in [1.82, 2.24) is 10.2 Å². The van der Waals surface area contributed by atoms with E-state index in [0.29, 0.717) is 12.1 Å². The van der Waals surface area contributed by atoms with Crippen molar-refractivity contribution in [2.75, 3.05) is 38.6 Å². The summed E-state index contributed by atoms with van der Waals surface area (Å²) >= 11 is 0. The van der Waals surface area contributed by atoms with Crippen molar-refractivity contribution in [2.24, 2.45) is 0 Å². The van der Waals surface area contributed by atoms with Gasteiger partial charge in [0.25, 0.3) is 0 Å². The van der Waals surface area contributed by atoms with Crippen molar-refractivity contribution in [3.63, 3.8) is 0 Å². The molecule has 3 nitrogen and oxygen atoms in total. The van der Waals surface area contributed by atoms with Gasteiger partial charge in [0.15, 0.2) is 0 Å². The summed E-state index contributed by atoms with van der Waals surface area (Å²) in [6.07, 6.45) is 0. The molecule has 2 atom stereocenters. The summed E-state index contributed by atoms with van der Waals surface area (Å²) in [5, 5.41) is 3.59. The minimum absolute atomic E-state index is 0.553. The van der Waals surface area contributed by atoms with Gasteiger partial charge >= 0.3 is 0 Å². The minimum atomic E-state index is 0.553. The fourth-order valence-corrected chi connectivity index (χ4v) is 2.72. The second-order valence-corrected chi connectivity index (χ2v) is 5.66. The van der Waals surface area contributed by atoms with Gasteiger partial charge in [0, 0.05) is 31.4 Å². The van der Waals surface area contributed by atoms with E-state index in [2.05, 4.69) is 67.3 Å².